The first-order chi connectivity index (χ1) is 21.4. The highest BCUT2D eigenvalue weighted by molar-refractivity contribution is 7.39. The Kier molecular flexibility index (Phi) is 18.3. The van der Waals surface area contributed by atoms with E-state index in [-0.39, 0.29) is 0 Å². The maximum Gasteiger partial charge on any atom is 0.327 e. The van der Waals surface area contributed by atoms with Crippen LogP contribution in [0.15, 0.2) is 60.7 Å². The molecule has 4 N–H and O–H groups in total. The van der Waals surface area contributed by atoms with Crippen LogP contribution in [-0.2, 0) is 20.2 Å². The van der Waals surface area contributed by atoms with Crippen molar-refractivity contribution in [3.63, 3.8) is 0 Å². The molecule has 256 valence electrons. The molecular weight excluding hydrogens is 602 g/mol. The molecular formula is C37H62O6P2. The minimum atomic E-state index is -2.75. The average molecular weight is 665 g/mol. The second-order valence-electron chi connectivity index (χ2n) is 14.1. The first-order valence-corrected chi connectivity index (χ1v) is 19.6. The van der Waals surface area contributed by atoms with Gasteiger partial charge in [-0.25, -0.2) is 0 Å². The quantitative estimate of drug-likeness (QED) is 0.0658. The molecule has 0 saturated carbocycles. The summed E-state index contributed by atoms with van der Waals surface area (Å²) >= 11 is 0. The standard InChI is InChI=1S/C37H62O6P2/c1-31(2)23-15-9-7-11-21-29-36(42-44(38)39,33-25-17-13-18-26-33)35(5,6)37(43-45(40)41,34-27-19-14-20-28-34)30-22-12-8-10-16-24-32(3)4/h13-14,17-20,25-28,31-32,38-41H,7-12,15-16,21-24,29-30H2,1-6H3. The van der Waals surface area contributed by atoms with Gasteiger partial charge in [0.25, 0.3) is 0 Å². The van der Waals surface area contributed by atoms with Gasteiger partial charge in [0.2, 0.25) is 0 Å². The summed E-state index contributed by atoms with van der Waals surface area (Å²) in [5.41, 5.74) is -1.72. The van der Waals surface area contributed by atoms with Gasteiger partial charge < -0.3 is 28.6 Å². The lowest BCUT2D eigenvalue weighted by atomic mass is 9.56. The van der Waals surface area contributed by atoms with E-state index in [9.17, 15) is 19.6 Å². The Labute approximate surface area is 277 Å². The highest BCUT2D eigenvalue weighted by atomic mass is 31.2. The summed E-state index contributed by atoms with van der Waals surface area (Å²) < 4.78 is 12.8. The van der Waals surface area contributed by atoms with Crippen molar-refractivity contribution in [3.8, 4) is 0 Å². The van der Waals surface area contributed by atoms with Crippen LogP contribution >= 0.6 is 17.2 Å². The molecule has 0 saturated heterocycles. The van der Waals surface area contributed by atoms with Gasteiger partial charge in [0.1, 0.15) is 11.2 Å². The van der Waals surface area contributed by atoms with Crippen molar-refractivity contribution < 1.29 is 28.6 Å². The Morgan fingerprint density at radius 1 is 0.511 bits per heavy atom. The van der Waals surface area contributed by atoms with Crippen LogP contribution in [0.1, 0.15) is 143 Å². The van der Waals surface area contributed by atoms with E-state index in [1.165, 1.54) is 38.5 Å². The topological polar surface area (TPSA) is 99.4 Å². The van der Waals surface area contributed by atoms with Crippen LogP contribution in [0, 0.1) is 17.3 Å². The van der Waals surface area contributed by atoms with Crippen LogP contribution in [-0.4, -0.2) is 19.6 Å². The molecule has 2 unspecified atom stereocenters. The monoisotopic (exact) mass is 664 g/mol. The molecule has 45 heavy (non-hydrogen) atoms. The molecule has 0 aliphatic heterocycles. The van der Waals surface area contributed by atoms with Crippen LogP contribution < -0.4 is 0 Å². The third-order valence-corrected chi connectivity index (χ3v) is 10.5. The van der Waals surface area contributed by atoms with Crippen LogP contribution in [0.5, 0.6) is 0 Å². The van der Waals surface area contributed by atoms with Crippen molar-refractivity contribution in [2.75, 3.05) is 0 Å². The zero-order valence-corrected chi connectivity index (χ0v) is 30.6. The van der Waals surface area contributed by atoms with E-state index >= 15 is 0 Å². The average Bonchev–Trinajstić information content (AvgIpc) is 2.98. The molecule has 0 amide bonds. The second kappa shape index (κ2) is 20.4. The Morgan fingerprint density at radius 3 is 1.13 bits per heavy atom. The largest absolute Gasteiger partial charge is 0.328 e. The van der Waals surface area contributed by atoms with Crippen LogP contribution in [0.2, 0.25) is 0 Å². The molecule has 2 rings (SSSR count). The van der Waals surface area contributed by atoms with Crippen molar-refractivity contribution in [1.29, 1.82) is 0 Å². The first kappa shape index (κ1) is 40.2. The maximum absolute atomic E-state index is 10.6. The van der Waals surface area contributed by atoms with Crippen LogP contribution in [0.25, 0.3) is 0 Å². The Hall–Kier alpha value is -0.940. The third-order valence-electron chi connectivity index (χ3n) is 9.59. The summed E-state index contributed by atoms with van der Waals surface area (Å²) in [5, 5.41) is 0. The molecule has 0 spiro atoms. The van der Waals surface area contributed by atoms with E-state index in [0.29, 0.717) is 24.7 Å². The highest BCUT2D eigenvalue weighted by Gasteiger charge is 2.62. The SMILES string of the molecule is CC(C)CCCCCCCC(OP(O)O)(c1ccccc1)C(C)(C)C(CCCCCCCC(C)C)(OP(O)O)c1ccccc1. The molecule has 0 radical (unpaired) electrons. The fourth-order valence-electron chi connectivity index (χ4n) is 6.99. The van der Waals surface area contributed by atoms with Crippen molar-refractivity contribution in [2.24, 2.45) is 17.3 Å². The van der Waals surface area contributed by atoms with Gasteiger partial charge in [-0.3, -0.25) is 0 Å². The van der Waals surface area contributed by atoms with E-state index < -0.39 is 33.8 Å². The molecule has 0 aromatic heterocycles. The van der Waals surface area contributed by atoms with Gasteiger partial charge in [-0.05, 0) is 35.8 Å². The van der Waals surface area contributed by atoms with Gasteiger partial charge in [0.05, 0.1) is 0 Å². The minimum Gasteiger partial charge on any atom is -0.328 e. The summed E-state index contributed by atoms with van der Waals surface area (Å²) in [7, 11) is -5.51. The summed E-state index contributed by atoms with van der Waals surface area (Å²) in [6.07, 6.45) is 14.1. The molecule has 0 aliphatic carbocycles. The van der Waals surface area contributed by atoms with Gasteiger partial charge in [-0.1, -0.05) is 179 Å². The Bertz CT molecular complexity index is 952. The molecule has 0 bridgehead atoms. The molecule has 6 nitrogen and oxygen atoms in total. The Balaban J connectivity index is 2.56. The van der Waals surface area contributed by atoms with E-state index in [1.807, 2.05) is 74.5 Å². The predicted molar refractivity (Wildman–Crippen MR) is 189 cm³/mol. The lowest BCUT2D eigenvalue weighted by molar-refractivity contribution is -0.179. The van der Waals surface area contributed by atoms with Crippen molar-refractivity contribution in [3.05, 3.63) is 71.8 Å². The molecule has 2 aromatic rings. The normalized spacial score (nSPS) is 15.2. The first-order valence-electron chi connectivity index (χ1n) is 17.2. The summed E-state index contributed by atoms with van der Waals surface area (Å²) in [4.78, 5) is 42.2. The van der Waals surface area contributed by atoms with Crippen molar-refractivity contribution >= 4 is 17.2 Å². The smallest absolute Gasteiger partial charge is 0.327 e. The zero-order valence-electron chi connectivity index (χ0n) is 28.8. The molecule has 2 aromatic carbocycles. The summed E-state index contributed by atoms with van der Waals surface area (Å²) in [5.74, 6) is 1.40. The zero-order chi connectivity index (χ0) is 33.3. The fourth-order valence-corrected chi connectivity index (χ4v) is 8.40. The van der Waals surface area contributed by atoms with Gasteiger partial charge in [0.15, 0.2) is 0 Å². The molecule has 2 atom stereocenters. The predicted octanol–water partition coefficient (Wildman–Crippen LogP) is 11.0. The van der Waals surface area contributed by atoms with Gasteiger partial charge in [-0.15, -0.1) is 0 Å². The lowest BCUT2D eigenvalue weighted by Gasteiger charge is -2.57. The van der Waals surface area contributed by atoms with E-state index in [1.54, 1.807) is 0 Å². The highest BCUT2D eigenvalue weighted by Crippen LogP contribution is 2.64. The number of rotatable bonds is 24. The molecule has 8 heteroatoms. The lowest BCUT2D eigenvalue weighted by Crippen LogP contribution is -2.57. The van der Waals surface area contributed by atoms with Gasteiger partial charge in [-0.2, -0.15) is 0 Å². The summed E-state index contributed by atoms with van der Waals surface area (Å²) in [6.45, 7) is 13.1. The summed E-state index contributed by atoms with van der Waals surface area (Å²) in [6, 6.07) is 19.6. The van der Waals surface area contributed by atoms with Gasteiger partial charge in [0, 0.05) is 5.41 Å². The number of unbranched alkanes of at least 4 members (excludes halogenated alkanes) is 8. The fraction of sp³-hybridized carbons (Fsp3) is 0.676. The second-order valence-corrected chi connectivity index (χ2v) is 15.5. The van der Waals surface area contributed by atoms with Crippen molar-refractivity contribution in [2.45, 2.75) is 143 Å². The third kappa shape index (κ3) is 12.2. The van der Waals surface area contributed by atoms with E-state index in [0.717, 1.165) is 49.7 Å². The number of hydrogen-bond acceptors (Lipinski definition) is 6. The number of hydrogen-bond donors (Lipinski definition) is 4. The Morgan fingerprint density at radius 2 is 0.822 bits per heavy atom. The molecule has 0 heterocycles. The van der Waals surface area contributed by atoms with Crippen LogP contribution in [0.4, 0.5) is 0 Å². The van der Waals surface area contributed by atoms with Crippen molar-refractivity contribution in [1.82, 2.24) is 0 Å². The molecule has 0 fully saturated rings. The van der Waals surface area contributed by atoms with E-state index in [4.69, 9.17) is 9.05 Å². The molecule has 0 aliphatic rings. The van der Waals surface area contributed by atoms with E-state index in [2.05, 4.69) is 27.7 Å². The van der Waals surface area contributed by atoms with Crippen LogP contribution in [0.3, 0.4) is 0 Å². The van der Waals surface area contributed by atoms with Gasteiger partial charge >= 0.3 is 17.2 Å². The minimum absolute atomic E-state index is 0.524. The number of benzene rings is 2. The maximum atomic E-state index is 10.6.